The lowest BCUT2D eigenvalue weighted by Crippen LogP contribution is -2.19. The van der Waals surface area contributed by atoms with E-state index in [9.17, 15) is 9.50 Å². The molecule has 2 unspecified atom stereocenters. The van der Waals surface area contributed by atoms with Gasteiger partial charge in [0.15, 0.2) is 0 Å². The maximum atomic E-state index is 13.0. The number of benzene rings is 1. The van der Waals surface area contributed by atoms with Crippen molar-refractivity contribution in [2.75, 3.05) is 5.88 Å². The second kappa shape index (κ2) is 6.21. The number of halogens is 2. The number of hydrogen-bond acceptors (Lipinski definition) is 1. The lowest BCUT2D eigenvalue weighted by molar-refractivity contribution is 0.133. The van der Waals surface area contributed by atoms with Crippen molar-refractivity contribution in [1.29, 1.82) is 0 Å². The molecule has 1 aromatic rings. The molecule has 1 aromatic carbocycles. The Kier molecular flexibility index (Phi) is 5.23. The van der Waals surface area contributed by atoms with E-state index in [-0.39, 0.29) is 17.6 Å². The van der Waals surface area contributed by atoms with Gasteiger partial charge >= 0.3 is 0 Å². The van der Waals surface area contributed by atoms with E-state index in [4.69, 9.17) is 11.6 Å². The molecule has 0 fully saturated rings. The molecule has 1 N–H and O–H groups in total. The molecule has 0 heterocycles. The van der Waals surface area contributed by atoms with Crippen LogP contribution >= 0.6 is 11.6 Å². The summed E-state index contributed by atoms with van der Waals surface area (Å²) in [5.41, 5.74) is 2.10. The monoisotopic (exact) mass is 244 g/mol. The number of aliphatic hydroxyl groups is 1. The van der Waals surface area contributed by atoms with Crippen LogP contribution < -0.4 is 0 Å². The smallest absolute Gasteiger partial charge is 0.123 e. The van der Waals surface area contributed by atoms with E-state index < -0.39 is 6.10 Å². The van der Waals surface area contributed by atoms with E-state index in [0.29, 0.717) is 0 Å². The van der Waals surface area contributed by atoms with Gasteiger partial charge in [-0.3, -0.25) is 0 Å². The summed E-state index contributed by atoms with van der Waals surface area (Å²) in [5.74, 6) is 0.190. The minimum Gasteiger partial charge on any atom is -0.392 e. The van der Waals surface area contributed by atoms with Crippen molar-refractivity contribution in [3.63, 3.8) is 0 Å². The largest absolute Gasteiger partial charge is 0.392 e. The van der Waals surface area contributed by atoms with Crippen molar-refractivity contribution in [3.05, 3.63) is 35.1 Å². The van der Waals surface area contributed by atoms with Crippen molar-refractivity contribution in [2.24, 2.45) is 5.92 Å². The third-order valence-corrected chi connectivity index (χ3v) is 3.31. The van der Waals surface area contributed by atoms with Gasteiger partial charge in [0.1, 0.15) is 5.82 Å². The lowest BCUT2D eigenvalue weighted by Gasteiger charge is -2.16. The Balaban J connectivity index is 2.57. The predicted octanol–water partition coefficient (Wildman–Crippen LogP) is 3.30. The Labute approximate surface area is 101 Å². The number of alkyl halides is 1. The van der Waals surface area contributed by atoms with Crippen LogP contribution in [-0.4, -0.2) is 17.1 Å². The predicted molar refractivity (Wildman–Crippen MR) is 65.3 cm³/mol. The second-order valence-electron chi connectivity index (χ2n) is 4.31. The van der Waals surface area contributed by atoms with Crippen molar-refractivity contribution in [2.45, 2.75) is 32.8 Å². The van der Waals surface area contributed by atoms with E-state index in [1.54, 1.807) is 12.1 Å². The normalized spacial score (nSPS) is 14.8. The maximum absolute atomic E-state index is 13.0. The minimum absolute atomic E-state index is 0.139. The van der Waals surface area contributed by atoms with Crippen LogP contribution in [0.3, 0.4) is 0 Å². The SMILES string of the molecule is Cc1ccc(F)cc1CCC(C)C(O)CCl. The summed E-state index contributed by atoms with van der Waals surface area (Å²) >= 11 is 5.58. The van der Waals surface area contributed by atoms with Crippen LogP contribution in [-0.2, 0) is 6.42 Å². The van der Waals surface area contributed by atoms with Crippen LogP contribution in [0.15, 0.2) is 18.2 Å². The van der Waals surface area contributed by atoms with E-state index in [2.05, 4.69) is 0 Å². The first kappa shape index (κ1) is 13.5. The second-order valence-corrected chi connectivity index (χ2v) is 4.62. The van der Waals surface area contributed by atoms with Crippen LogP contribution in [0.2, 0.25) is 0 Å². The van der Waals surface area contributed by atoms with E-state index in [0.717, 1.165) is 24.0 Å². The van der Waals surface area contributed by atoms with Crippen molar-refractivity contribution in [3.8, 4) is 0 Å². The fourth-order valence-electron chi connectivity index (χ4n) is 1.64. The van der Waals surface area contributed by atoms with Crippen molar-refractivity contribution < 1.29 is 9.50 Å². The van der Waals surface area contributed by atoms with E-state index in [1.807, 2.05) is 13.8 Å². The van der Waals surface area contributed by atoms with Gasteiger partial charge in [-0.15, -0.1) is 11.6 Å². The van der Waals surface area contributed by atoms with Crippen LogP contribution in [0.4, 0.5) is 4.39 Å². The zero-order valence-corrected chi connectivity index (χ0v) is 10.5. The van der Waals surface area contributed by atoms with Gasteiger partial charge in [0.05, 0.1) is 6.10 Å². The number of aryl methyl sites for hydroxylation is 2. The highest BCUT2D eigenvalue weighted by molar-refractivity contribution is 6.18. The molecule has 0 aliphatic rings. The molecule has 0 spiro atoms. The van der Waals surface area contributed by atoms with Crippen LogP contribution in [0, 0.1) is 18.7 Å². The molecule has 1 nitrogen and oxygen atoms in total. The molecular weight excluding hydrogens is 227 g/mol. The first-order valence-corrected chi connectivity index (χ1v) is 6.07. The van der Waals surface area contributed by atoms with Crippen LogP contribution in [0.5, 0.6) is 0 Å². The lowest BCUT2D eigenvalue weighted by atomic mass is 9.95. The van der Waals surface area contributed by atoms with E-state index in [1.165, 1.54) is 6.07 Å². The molecule has 90 valence electrons. The van der Waals surface area contributed by atoms with Gasteiger partial charge in [-0.2, -0.15) is 0 Å². The van der Waals surface area contributed by atoms with Gasteiger partial charge in [0, 0.05) is 5.88 Å². The summed E-state index contributed by atoms with van der Waals surface area (Å²) in [6, 6.07) is 4.82. The Hall–Kier alpha value is -0.600. The summed E-state index contributed by atoms with van der Waals surface area (Å²) in [6.45, 7) is 3.93. The Morgan fingerprint density at radius 3 is 2.75 bits per heavy atom. The average molecular weight is 245 g/mol. The fourth-order valence-corrected chi connectivity index (χ4v) is 1.94. The number of aliphatic hydroxyl groups excluding tert-OH is 1. The molecule has 0 saturated carbocycles. The summed E-state index contributed by atoms with van der Waals surface area (Å²) in [6.07, 6.45) is 1.12. The molecule has 0 aliphatic carbocycles. The standard InChI is InChI=1S/C13H18ClFO/c1-9-4-6-12(15)7-11(9)5-3-10(2)13(16)8-14/h4,6-7,10,13,16H,3,5,8H2,1-2H3. The van der Waals surface area contributed by atoms with E-state index >= 15 is 0 Å². The molecular formula is C13H18ClFO. The van der Waals surface area contributed by atoms with Gasteiger partial charge in [-0.05, 0) is 48.9 Å². The highest BCUT2D eigenvalue weighted by Gasteiger charge is 2.13. The van der Waals surface area contributed by atoms with Gasteiger partial charge < -0.3 is 5.11 Å². The van der Waals surface area contributed by atoms with Gasteiger partial charge in [-0.1, -0.05) is 13.0 Å². The third-order valence-electron chi connectivity index (χ3n) is 3.00. The third kappa shape index (κ3) is 3.76. The molecule has 0 saturated heterocycles. The molecule has 0 amide bonds. The summed E-state index contributed by atoms with van der Waals surface area (Å²) in [5, 5.41) is 9.52. The van der Waals surface area contributed by atoms with Gasteiger partial charge in [0.2, 0.25) is 0 Å². The molecule has 16 heavy (non-hydrogen) atoms. The fraction of sp³-hybridized carbons (Fsp3) is 0.538. The topological polar surface area (TPSA) is 20.2 Å². The molecule has 0 radical (unpaired) electrons. The molecule has 1 rings (SSSR count). The highest BCUT2D eigenvalue weighted by atomic mass is 35.5. The first-order chi connectivity index (χ1) is 7.54. The Bertz CT molecular complexity index is 341. The molecule has 0 aromatic heterocycles. The number of rotatable bonds is 5. The highest BCUT2D eigenvalue weighted by Crippen LogP contribution is 2.17. The molecule has 0 aliphatic heterocycles. The zero-order chi connectivity index (χ0) is 12.1. The van der Waals surface area contributed by atoms with Crippen molar-refractivity contribution in [1.82, 2.24) is 0 Å². The maximum Gasteiger partial charge on any atom is 0.123 e. The molecule has 2 atom stereocenters. The Morgan fingerprint density at radius 1 is 1.44 bits per heavy atom. The van der Waals surface area contributed by atoms with Gasteiger partial charge in [-0.25, -0.2) is 4.39 Å². The summed E-state index contributed by atoms with van der Waals surface area (Å²) in [7, 11) is 0. The first-order valence-electron chi connectivity index (χ1n) is 5.53. The number of hydrogen-bond donors (Lipinski definition) is 1. The summed E-state index contributed by atoms with van der Waals surface area (Å²) in [4.78, 5) is 0. The van der Waals surface area contributed by atoms with Crippen LogP contribution in [0.1, 0.15) is 24.5 Å². The quantitative estimate of drug-likeness (QED) is 0.788. The van der Waals surface area contributed by atoms with Gasteiger partial charge in [0.25, 0.3) is 0 Å². The van der Waals surface area contributed by atoms with Crippen molar-refractivity contribution >= 4 is 11.6 Å². The molecule has 3 heteroatoms. The molecule has 0 bridgehead atoms. The Morgan fingerprint density at radius 2 is 2.12 bits per heavy atom. The average Bonchev–Trinajstić information content (AvgIpc) is 2.28. The summed E-state index contributed by atoms with van der Waals surface area (Å²) < 4.78 is 13.0. The zero-order valence-electron chi connectivity index (χ0n) is 9.71. The minimum atomic E-state index is -0.476. The van der Waals surface area contributed by atoms with Crippen LogP contribution in [0.25, 0.3) is 0 Å².